The third-order valence-electron chi connectivity index (χ3n) is 2.88. The van der Waals surface area contributed by atoms with Gasteiger partial charge in [0.2, 0.25) is 0 Å². The molecule has 1 aliphatic rings. The summed E-state index contributed by atoms with van der Waals surface area (Å²) in [5.74, 6) is 0. The molecule has 1 heterocycles. The van der Waals surface area contributed by atoms with Gasteiger partial charge in [-0.1, -0.05) is 26.2 Å². The summed E-state index contributed by atoms with van der Waals surface area (Å²) >= 11 is 0. The van der Waals surface area contributed by atoms with Crippen LogP contribution < -0.4 is 0 Å². The molecular formula is C10H21NO. The molecule has 2 heteroatoms. The zero-order valence-electron chi connectivity index (χ0n) is 8.76. The summed E-state index contributed by atoms with van der Waals surface area (Å²) in [6.07, 6.45) is 5.28. The van der Waals surface area contributed by atoms with Crippen LogP contribution in [0.5, 0.6) is 0 Å². The van der Waals surface area contributed by atoms with E-state index in [9.17, 15) is 0 Å². The second kappa shape index (κ2) is 3.75. The lowest BCUT2D eigenvalue weighted by atomic mass is 10.1. The maximum absolute atomic E-state index is 5.25. The molecule has 0 N–H and O–H groups in total. The Morgan fingerprint density at radius 2 is 2.00 bits per heavy atom. The van der Waals surface area contributed by atoms with Crippen LogP contribution in [0.25, 0.3) is 0 Å². The minimum absolute atomic E-state index is 0.294. The second-order valence-corrected chi connectivity index (χ2v) is 4.17. The van der Waals surface area contributed by atoms with E-state index >= 15 is 0 Å². The highest BCUT2D eigenvalue weighted by Gasteiger charge is 2.55. The molecule has 0 aromatic heterocycles. The van der Waals surface area contributed by atoms with Gasteiger partial charge in [0.05, 0.1) is 18.7 Å². The summed E-state index contributed by atoms with van der Waals surface area (Å²) in [5, 5.41) is 2.10. The van der Waals surface area contributed by atoms with Crippen LogP contribution in [0.1, 0.15) is 46.5 Å². The molecule has 0 aromatic carbocycles. The van der Waals surface area contributed by atoms with Crippen LogP contribution in [0.3, 0.4) is 0 Å². The molecule has 1 rings (SSSR count). The van der Waals surface area contributed by atoms with Crippen molar-refractivity contribution in [3.63, 3.8) is 0 Å². The fourth-order valence-electron chi connectivity index (χ4n) is 1.95. The first-order chi connectivity index (χ1) is 5.64. The highest BCUT2D eigenvalue weighted by atomic mass is 16.7. The smallest absolute Gasteiger partial charge is 0.0588 e. The molecule has 2 nitrogen and oxygen atoms in total. The van der Waals surface area contributed by atoms with Gasteiger partial charge in [-0.15, -0.1) is 0 Å². The van der Waals surface area contributed by atoms with Gasteiger partial charge in [-0.05, 0) is 20.3 Å². The average Bonchev–Trinajstić information content (AvgIpc) is 2.54. The van der Waals surface area contributed by atoms with Gasteiger partial charge in [-0.3, -0.25) is 0 Å². The Morgan fingerprint density at radius 3 is 2.42 bits per heavy atom. The molecule has 1 fully saturated rings. The lowest BCUT2D eigenvalue weighted by Gasteiger charge is -1.99. The van der Waals surface area contributed by atoms with Crippen molar-refractivity contribution in [1.82, 2.24) is 5.06 Å². The van der Waals surface area contributed by atoms with E-state index in [4.69, 9.17) is 4.84 Å². The van der Waals surface area contributed by atoms with Crippen molar-refractivity contribution in [1.29, 1.82) is 0 Å². The Bertz CT molecular complexity index is 145. The van der Waals surface area contributed by atoms with Crippen LogP contribution in [0.4, 0.5) is 0 Å². The maximum atomic E-state index is 5.25. The average molecular weight is 171 g/mol. The van der Waals surface area contributed by atoms with Crippen LogP contribution in [0.15, 0.2) is 0 Å². The van der Waals surface area contributed by atoms with Gasteiger partial charge in [0.1, 0.15) is 0 Å². The Balaban J connectivity index is 2.18. The van der Waals surface area contributed by atoms with E-state index in [0.717, 1.165) is 0 Å². The number of hydroxylamine groups is 2. The minimum Gasteiger partial charge on any atom is -0.301 e. The maximum Gasteiger partial charge on any atom is 0.0588 e. The summed E-state index contributed by atoms with van der Waals surface area (Å²) in [7, 11) is 1.77. The van der Waals surface area contributed by atoms with E-state index in [1.54, 1.807) is 7.11 Å². The molecule has 0 aliphatic carbocycles. The summed E-state index contributed by atoms with van der Waals surface area (Å²) in [6.45, 7) is 6.73. The first kappa shape index (κ1) is 10.0. The summed E-state index contributed by atoms with van der Waals surface area (Å²) < 4.78 is 0. The first-order valence-corrected chi connectivity index (χ1v) is 4.98. The molecule has 0 bridgehead atoms. The molecule has 0 saturated carbocycles. The van der Waals surface area contributed by atoms with Crippen LogP contribution >= 0.6 is 0 Å². The van der Waals surface area contributed by atoms with Crippen LogP contribution in [0.2, 0.25) is 0 Å². The molecule has 0 spiro atoms. The summed E-state index contributed by atoms with van der Waals surface area (Å²) in [5.41, 5.74) is 0.294. The van der Waals surface area contributed by atoms with Crippen molar-refractivity contribution in [3.8, 4) is 0 Å². The third kappa shape index (κ3) is 1.80. The van der Waals surface area contributed by atoms with Gasteiger partial charge in [-0.2, -0.15) is 5.06 Å². The van der Waals surface area contributed by atoms with Gasteiger partial charge in [0.15, 0.2) is 0 Å². The quantitative estimate of drug-likeness (QED) is 0.465. The van der Waals surface area contributed by atoms with E-state index in [0.29, 0.717) is 11.6 Å². The van der Waals surface area contributed by atoms with Crippen molar-refractivity contribution in [3.05, 3.63) is 0 Å². The Labute approximate surface area is 75.8 Å². The lowest BCUT2D eigenvalue weighted by molar-refractivity contribution is -0.0607. The Kier molecular flexibility index (Phi) is 3.13. The number of unbranched alkanes of at least 4 members (excludes halogenated alkanes) is 2. The van der Waals surface area contributed by atoms with Gasteiger partial charge in [0.25, 0.3) is 0 Å². The van der Waals surface area contributed by atoms with E-state index < -0.39 is 0 Å². The largest absolute Gasteiger partial charge is 0.301 e. The SMILES string of the molecule is CCCCCC1N(OC)C1(C)C. The molecule has 2 unspecified atom stereocenters. The number of hydrogen-bond acceptors (Lipinski definition) is 2. The van der Waals surface area contributed by atoms with Gasteiger partial charge >= 0.3 is 0 Å². The van der Waals surface area contributed by atoms with Crippen molar-refractivity contribution < 1.29 is 4.84 Å². The topological polar surface area (TPSA) is 12.2 Å². The molecular weight excluding hydrogens is 150 g/mol. The monoisotopic (exact) mass is 171 g/mol. The zero-order chi connectivity index (χ0) is 9.19. The van der Waals surface area contributed by atoms with Crippen LogP contribution in [0, 0.1) is 0 Å². The normalized spacial score (nSPS) is 32.0. The fraction of sp³-hybridized carbons (Fsp3) is 1.00. The summed E-state index contributed by atoms with van der Waals surface area (Å²) in [6, 6.07) is 0.661. The highest BCUT2D eigenvalue weighted by Crippen LogP contribution is 2.43. The van der Waals surface area contributed by atoms with E-state index in [1.807, 2.05) is 0 Å². The molecule has 1 aliphatic heterocycles. The lowest BCUT2D eigenvalue weighted by Crippen LogP contribution is -2.06. The Hall–Kier alpha value is -0.0800. The molecule has 0 aromatic rings. The number of rotatable bonds is 5. The molecule has 2 atom stereocenters. The third-order valence-corrected chi connectivity index (χ3v) is 2.88. The second-order valence-electron chi connectivity index (χ2n) is 4.17. The predicted octanol–water partition coefficient (Wildman–Crippen LogP) is 2.59. The molecule has 1 saturated heterocycles. The van der Waals surface area contributed by atoms with Crippen molar-refractivity contribution >= 4 is 0 Å². The van der Waals surface area contributed by atoms with Crippen molar-refractivity contribution in [2.24, 2.45) is 0 Å². The molecule has 0 amide bonds. The van der Waals surface area contributed by atoms with Crippen molar-refractivity contribution in [2.45, 2.75) is 58.0 Å². The van der Waals surface area contributed by atoms with E-state index in [1.165, 1.54) is 25.7 Å². The van der Waals surface area contributed by atoms with Gasteiger partial charge in [-0.25, -0.2) is 0 Å². The molecule has 12 heavy (non-hydrogen) atoms. The first-order valence-electron chi connectivity index (χ1n) is 4.98. The van der Waals surface area contributed by atoms with Crippen LogP contribution in [-0.4, -0.2) is 23.8 Å². The van der Waals surface area contributed by atoms with Gasteiger partial charge < -0.3 is 4.84 Å². The van der Waals surface area contributed by atoms with E-state index in [2.05, 4.69) is 25.8 Å². The van der Waals surface area contributed by atoms with E-state index in [-0.39, 0.29) is 0 Å². The zero-order valence-corrected chi connectivity index (χ0v) is 8.76. The highest BCUT2D eigenvalue weighted by molar-refractivity contribution is 5.06. The molecule has 72 valence electrons. The number of nitrogens with zero attached hydrogens (tertiary/aromatic N) is 1. The predicted molar refractivity (Wildman–Crippen MR) is 50.9 cm³/mol. The molecule has 0 radical (unpaired) electrons. The summed E-state index contributed by atoms with van der Waals surface area (Å²) in [4.78, 5) is 5.25. The number of hydrogen-bond donors (Lipinski definition) is 0. The van der Waals surface area contributed by atoms with Crippen molar-refractivity contribution in [2.75, 3.05) is 7.11 Å². The Morgan fingerprint density at radius 1 is 1.33 bits per heavy atom. The fourth-order valence-corrected chi connectivity index (χ4v) is 1.95. The minimum atomic E-state index is 0.294. The standard InChI is InChI=1S/C10H21NO/c1-5-6-7-8-9-10(2,3)11(9)12-4/h9H,5-8H2,1-4H3. The van der Waals surface area contributed by atoms with Gasteiger partial charge in [0, 0.05) is 0 Å². The van der Waals surface area contributed by atoms with Crippen LogP contribution in [-0.2, 0) is 4.84 Å².